The van der Waals surface area contributed by atoms with Gasteiger partial charge in [-0.25, -0.2) is 9.78 Å². The fraction of sp³-hybridized carbons (Fsp3) is 0.296. The minimum absolute atomic E-state index is 0.242. The maximum atomic E-state index is 13.1. The molecule has 1 fully saturated rings. The molecule has 1 amide bonds. The normalized spacial score (nSPS) is 14.5. The van der Waals surface area contributed by atoms with E-state index in [1.54, 1.807) is 29.3 Å². The van der Waals surface area contributed by atoms with Gasteiger partial charge in [0.15, 0.2) is 11.1 Å². The number of pyridine rings is 1. The molecule has 4 aromatic rings. The van der Waals surface area contributed by atoms with Gasteiger partial charge in [-0.1, -0.05) is 29.8 Å². The molecule has 35 heavy (non-hydrogen) atoms. The molecular weight excluding hydrogens is 466 g/mol. The molecule has 1 saturated heterocycles. The molecule has 5 rings (SSSR count). The van der Waals surface area contributed by atoms with Crippen molar-refractivity contribution in [2.75, 3.05) is 31.1 Å². The highest BCUT2D eigenvalue weighted by Gasteiger charge is 2.26. The zero-order valence-corrected chi connectivity index (χ0v) is 20.6. The van der Waals surface area contributed by atoms with Crippen LogP contribution in [0.1, 0.15) is 20.8 Å². The molecule has 0 saturated carbocycles. The Kier molecular flexibility index (Phi) is 5.89. The number of fused-ring (bicyclic) bond motifs is 2. The van der Waals surface area contributed by atoms with Crippen LogP contribution < -0.4 is 10.3 Å². The number of rotatable bonds is 2. The standard InChI is InChI=1S/C27H26ClN3O4/c1-27(2,3)35-26(33)31-15-13-30(14-16-31)18-9-7-17(8-10-18)19-11-12-29-23-24(32)22-20(28)5-4-6-21(22)34-25(19)23/h4-12H,13-16H2,1-3H3. The summed E-state index contributed by atoms with van der Waals surface area (Å²) in [5.41, 5.74) is 3.15. The molecule has 0 bridgehead atoms. The van der Waals surface area contributed by atoms with E-state index in [0.717, 1.165) is 29.9 Å². The zero-order valence-electron chi connectivity index (χ0n) is 19.9. The first-order valence-corrected chi connectivity index (χ1v) is 11.9. The first kappa shape index (κ1) is 23.2. The van der Waals surface area contributed by atoms with Gasteiger partial charge >= 0.3 is 6.09 Å². The summed E-state index contributed by atoms with van der Waals surface area (Å²) in [6.45, 7) is 8.27. The number of carbonyl (C=O) groups excluding carboxylic acids is 1. The number of amides is 1. The topological polar surface area (TPSA) is 75.9 Å². The van der Waals surface area contributed by atoms with Crippen LogP contribution in [0.2, 0.25) is 5.02 Å². The zero-order chi connectivity index (χ0) is 24.7. The SMILES string of the molecule is CC(C)(C)OC(=O)N1CCN(c2ccc(-c3ccnc4c(=O)c5c(Cl)cccc5oc34)cc2)CC1. The number of nitrogens with zero attached hydrogens (tertiary/aromatic N) is 3. The first-order chi connectivity index (χ1) is 16.7. The van der Waals surface area contributed by atoms with Gasteiger partial charge in [-0.3, -0.25) is 4.79 Å². The van der Waals surface area contributed by atoms with E-state index in [1.165, 1.54) is 0 Å². The van der Waals surface area contributed by atoms with Gasteiger partial charge in [0.1, 0.15) is 11.2 Å². The predicted octanol–water partition coefficient (Wildman–Crippen LogP) is 5.72. The van der Waals surface area contributed by atoms with Gasteiger partial charge < -0.3 is 19.0 Å². The van der Waals surface area contributed by atoms with Gasteiger partial charge in [0.2, 0.25) is 5.43 Å². The van der Waals surface area contributed by atoms with Crippen molar-refractivity contribution in [1.82, 2.24) is 9.88 Å². The number of aromatic nitrogens is 1. The summed E-state index contributed by atoms with van der Waals surface area (Å²) in [4.78, 5) is 33.7. The molecule has 0 atom stereocenters. The van der Waals surface area contributed by atoms with Crippen molar-refractivity contribution in [3.8, 4) is 11.1 Å². The average Bonchev–Trinajstić information content (AvgIpc) is 2.83. The van der Waals surface area contributed by atoms with Crippen LogP contribution >= 0.6 is 11.6 Å². The summed E-state index contributed by atoms with van der Waals surface area (Å²) in [5, 5.41) is 0.689. The highest BCUT2D eigenvalue weighted by molar-refractivity contribution is 6.35. The molecule has 2 aromatic heterocycles. The number of ether oxygens (including phenoxy) is 1. The molecule has 180 valence electrons. The largest absolute Gasteiger partial charge is 0.453 e. The van der Waals surface area contributed by atoms with Crippen LogP contribution in [0.25, 0.3) is 33.2 Å². The second-order valence-electron chi connectivity index (χ2n) is 9.58. The lowest BCUT2D eigenvalue weighted by atomic mass is 10.0. The molecule has 0 radical (unpaired) electrons. The number of carbonyl (C=O) groups is 1. The Hall–Kier alpha value is -3.58. The molecule has 0 spiro atoms. The van der Waals surface area contributed by atoms with Crippen LogP contribution in [0, 0.1) is 0 Å². The molecule has 0 N–H and O–H groups in total. The van der Waals surface area contributed by atoms with Gasteiger partial charge in [0.25, 0.3) is 0 Å². The molecule has 3 heterocycles. The lowest BCUT2D eigenvalue weighted by Crippen LogP contribution is -2.50. The van der Waals surface area contributed by atoms with Gasteiger partial charge in [-0.05, 0) is 56.7 Å². The van der Waals surface area contributed by atoms with Crippen LogP contribution in [0.4, 0.5) is 10.5 Å². The van der Waals surface area contributed by atoms with Gasteiger partial charge in [-0.2, -0.15) is 0 Å². The summed E-state index contributed by atoms with van der Waals surface area (Å²) >= 11 is 6.24. The maximum Gasteiger partial charge on any atom is 0.410 e. The van der Waals surface area contributed by atoms with Crippen LogP contribution in [0.15, 0.2) is 63.9 Å². The molecular formula is C27H26ClN3O4. The second-order valence-corrected chi connectivity index (χ2v) is 9.99. The summed E-state index contributed by atoms with van der Waals surface area (Å²) in [5.74, 6) is 0. The Morgan fingerprint density at radius 2 is 1.74 bits per heavy atom. The Balaban J connectivity index is 1.39. The van der Waals surface area contributed by atoms with E-state index < -0.39 is 5.60 Å². The van der Waals surface area contributed by atoms with E-state index >= 15 is 0 Å². The smallest absolute Gasteiger partial charge is 0.410 e. The Morgan fingerprint density at radius 1 is 1.03 bits per heavy atom. The van der Waals surface area contributed by atoms with Crippen molar-refractivity contribution < 1.29 is 13.9 Å². The molecule has 0 unspecified atom stereocenters. The number of halogens is 1. The predicted molar refractivity (Wildman–Crippen MR) is 138 cm³/mol. The van der Waals surface area contributed by atoms with Crippen molar-refractivity contribution in [1.29, 1.82) is 0 Å². The minimum Gasteiger partial charge on any atom is -0.453 e. The van der Waals surface area contributed by atoms with Gasteiger partial charge in [0, 0.05) is 43.6 Å². The number of hydrogen-bond donors (Lipinski definition) is 0. The van der Waals surface area contributed by atoms with Crippen LogP contribution in [0.5, 0.6) is 0 Å². The molecule has 2 aromatic carbocycles. The van der Waals surface area contributed by atoms with Crippen molar-refractivity contribution in [2.24, 2.45) is 0 Å². The Labute approximate surface area is 207 Å². The lowest BCUT2D eigenvalue weighted by molar-refractivity contribution is 0.0240. The van der Waals surface area contributed by atoms with E-state index in [4.69, 9.17) is 20.8 Å². The number of piperazine rings is 1. The highest BCUT2D eigenvalue weighted by atomic mass is 35.5. The first-order valence-electron chi connectivity index (χ1n) is 11.5. The van der Waals surface area contributed by atoms with Crippen molar-refractivity contribution in [3.63, 3.8) is 0 Å². The lowest BCUT2D eigenvalue weighted by Gasteiger charge is -2.36. The van der Waals surface area contributed by atoms with Crippen LogP contribution in [0.3, 0.4) is 0 Å². The quantitative estimate of drug-likeness (QED) is 0.334. The third-order valence-corrected chi connectivity index (χ3v) is 6.32. The summed E-state index contributed by atoms with van der Waals surface area (Å²) in [6, 6.07) is 15.1. The molecule has 1 aliphatic heterocycles. The molecule has 8 heteroatoms. The number of benzene rings is 2. The molecule has 1 aliphatic rings. The number of hydrogen-bond acceptors (Lipinski definition) is 6. The minimum atomic E-state index is -0.501. The van der Waals surface area contributed by atoms with Gasteiger partial charge in [-0.15, -0.1) is 0 Å². The van der Waals surface area contributed by atoms with Crippen molar-refractivity contribution in [2.45, 2.75) is 26.4 Å². The highest BCUT2D eigenvalue weighted by Crippen LogP contribution is 2.31. The van der Waals surface area contributed by atoms with Crippen molar-refractivity contribution >= 4 is 45.5 Å². The summed E-state index contributed by atoms with van der Waals surface area (Å²) < 4.78 is 11.6. The fourth-order valence-electron chi connectivity index (χ4n) is 4.30. The van der Waals surface area contributed by atoms with Crippen LogP contribution in [-0.2, 0) is 4.74 Å². The fourth-order valence-corrected chi connectivity index (χ4v) is 4.56. The van der Waals surface area contributed by atoms with Crippen molar-refractivity contribution in [3.05, 3.63) is 70.0 Å². The van der Waals surface area contributed by atoms with Crippen LogP contribution in [-0.4, -0.2) is 47.8 Å². The number of anilines is 1. The second kappa shape index (κ2) is 8.89. The van der Waals surface area contributed by atoms with E-state index in [1.807, 2.05) is 51.1 Å². The van der Waals surface area contributed by atoms with E-state index in [2.05, 4.69) is 9.88 Å². The summed E-state index contributed by atoms with van der Waals surface area (Å²) in [7, 11) is 0. The van der Waals surface area contributed by atoms with E-state index in [-0.39, 0.29) is 17.0 Å². The maximum absolute atomic E-state index is 13.1. The average molecular weight is 492 g/mol. The van der Waals surface area contributed by atoms with Gasteiger partial charge in [0.05, 0.1) is 10.4 Å². The third kappa shape index (κ3) is 4.56. The van der Waals surface area contributed by atoms with E-state index in [9.17, 15) is 9.59 Å². The molecule has 7 nitrogen and oxygen atoms in total. The Morgan fingerprint density at radius 3 is 2.43 bits per heavy atom. The Bertz CT molecular complexity index is 1470. The van der Waals surface area contributed by atoms with E-state index in [0.29, 0.717) is 34.7 Å². The summed E-state index contributed by atoms with van der Waals surface area (Å²) in [6.07, 6.45) is 1.34. The molecule has 0 aliphatic carbocycles. The monoisotopic (exact) mass is 491 g/mol. The third-order valence-electron chi connectivity index (χ3n) is 6.01.